The third-order valence-corrected chi connectivity index (χ3v) is 23.7. The Labute approximate surface area is 656 Å². The van der Waals surface area contributed by atoms with Crippen LogP contribution in [0.2, 0.25) is 0 Å². The second-order valence-electron chi connectivity index (χ2n) is 29.4. The van der Waals surface area contributed by atoms with E-state index in [0.717, 1.165) is 62.9 Å². The maximum atomic E-state index is 13.3. The van der Waals surface area contributed by atoms with Crippen molar-refractivity contribution in [1.29, 1.82) is 0 Å². The normalized spacial score (nSPS) is 17.6. The number of aromatic carboxylic acids is 1. The van der Waals surface area contributed by atoms with Gasteiger partial charge in [0, 0.05) is 142 Å². The minimum atomic E-state index is -4.25. The van der Waals surface area contributed by atoms with Crippen LogP contribution in [0.5, 0.6) is 0 Å². The van der Waals surface area contributed by atoms with Crippen LogP contribution in [0.15, 0.2) is 160 Å². The number of carbonyl (C=O) groups is 5. The minimum Gasteiger partial charge on any atom is -0.478 e. The predicted octanol–water partition coefficient (Wildman–Crippen LogP) is 12.1. The van der Waals surface area contributed by atoms with Gasteiger partial charge in [0.1, 0.15) is 32.0 Å². The number of hydrogen-bond acceptors (Lipinski definition) is 17. The number of aryl methyl sites for hydroxylation is 2. The van der Waals surface area contributed by atoms with Crippen LogP contribution in [0.1, 0.15) is 167 Å². The van der Waals surface area contributed by atoms with E-state index in [4.69, 9.17) is 15.5 Å². The molecule has 1 fully saturated rings. The van der Waals surface area contributed by atoms with Crippen LogP contribution in [-0.4, -0.2) is 163 Å². The minimum absolute atomic E-state index is 0.0731. The standard InChI is InChI=1S/C46H64N8O11S3.C34H30N6O5/c1-33-16-20-40-38(29-33)46(4,22-10-6-9-15-43(55)48-23-24-49-44(56)34-17-18-35(50-31-34)32-51-52-47)42(54(40)26-12-28-67(60,61)62)14-8-5-7-13-41-45(2,3)37-30-36(68(63,64)65)19-21-39(37)53(41)25-11-27-66(57,58)59;1-20-6-11-26-30(15-20)45-31-17-24(40(2)3)10-13-27(31)32(26)28-16-21(8-12-25(28)34(43)44)29(41)5-4-14-36-33(42)22-7-9-23(37-18-22)19-38-39-35/h5,7-8,13-14,16-18,20,29,31,36-37,39H,6,9-12,15,19,21-28,30,32H2,1-4H3,(H4-,48,49,55,56,57,58,59,60,61,62,63,64,65);6-13,15-18H,4-5,14,19H2,1-3H3,(H-,36,42,43,44)/p+2. The Balaban J connectivity index is 0.000000281. The number of fused-ring (bicyclic) bond motifs is 4. The van der Waals surface area contributed by atoms with Gasteiger partial charge in [0.05, 0.1) is 58.0 Å². The van der Waals surface area contributed by atoms with Gasteiger partial charge in [-0.2, -0.15) is 25.3 Å². The molecule has 5 heterocycles. The molecular formula is C80H96N14O16S3+2. The number of carbonyl (C=O) groups excluding carboxylic acids is 4. The highest BCUT2D eigenvalue weighted by molar-refractivity contribution is 7.86. The van der Waals surface area contributed by atoms with Crippen molar-refractivity contribution in [3.63, 3.8) is 0 Å². The van der Waals surface area contributed by atoms with Gasteiger partial charge in [0.25, 0.3) is 42.2 Å². The summed E-state index contributed by atoms with van der Waals surface area (Å²) < 4.78 is 111. The van der Waals surface area contributed by atoms with Gasteiger partial charge in [-0.25, -0.2) is 13.9 Å². The second kappa shape index (κ2) is 38.2. The Kier molecular flexibility index (Phi) is 29.1. The van der Waals surface area contributed by atoms with Crippen molar-refractivity contribution in [1.82, 2.24) is 30.5 Å². The lowest BCUT2D eigenvalue weighted by atomic mass is 9.69. The van der Waals surface area contributed by atoms with Gasteiger partial charge in [0.15, 0.2) is 17.5 Å². The molecule has 3 aliphatic heterocycles. The number of aromatic nitrogens is 2. The number of carboxylic acid groups (broad SMARTS) is 1. The van der Waals surface area contributed by atoms with E-state index >= 15 is 0 Å². The van der Waals surface area contributed by atoms with Crippen LogP contribution in [0, 0.1) is 25.2 Å². The van der Waals surface area contributed by atoms with E-state index < -0.39 is 63.9 Å². The molecule has 3 aromatic carbocycles. The number of pyridine rings is 2. The van der Waals surface area contributed by atoms with Gasteiger partial charge >= 0.3 is 5.97 Å². The molecule has 10 rings (SSSR count). The predicted molar refractivity (Wildman–Crippen MR) is 430 cm³/mol. The summed E-state index contributed by atoms with van der Waals surface area (Å²) in [6, 6.07) is 28.6. The Morgan fingerprint density at radius 3 is 1.96 bits per heavy atom. The van der Waals surface area contributed by atoms with E-state index in [2.05, 4.69) is 68.4 Å². The summed E-state index contributed by atoms with van der Waals surface area (Å²) in [7, 11) is -8.79. The molecule has 4 atom stereocenters. The van der Waals surface area contributed by atoms with Crippen LogP contribution in [0.3, 0.4) is 0 Å². The molecule has 0 spiro atoms. The Morgan fingerprint density at radius 1 is 0.690 bits per heavy atom. The summed E-state index contributed by atoms with van der Waals surface area (Å²) in [4.78, 5) is 79.1. The number of benzene rings is 4. The number of nitrogens with one attached hydrogen (secondary N) is 3. The van der Waals surface area contributed by atoms with Gasteiger partial charge in [-0.1, -0.05) is 77.2 Å². The number of ketones is 1. The maximum absolute atomic E-state index is 13.3. The molecule has 7 N–H and O–H groups in total. The first-order valence-corrected chi connectivity index (χ1v) is 41.9. The number of allylic oxidation sites excluding steroid dienone is 6. The first-order chi connectivity index (χ1) is 53.6. The first kappa shape index (κ1) is 86.2. The molecule has 4 unspecified atom stereocenters. The van der Waals surface area contributed by atoms with Crippen molar-refractivity contribution in [3.8, 4) is 22.5 Å². The summed E-state index contributed by atoms with van der Waals surface area (Å²) in [5.74, 6) is -2.47. The van der Waals surface area contributed by atoms with Crippen molar-refractivity contribution in [2.24, 2.45) is 21.6 Å². The number of nitrogens with zero attached hydrogens (tertiary/aromatic N) is 11. The van der Waals surface area contributed by atoms with Gasteiger partial charge in [0.2, 0.25) is 11.3 Å². The highest BCUT2D eigenvalue weighted by Crippen LogP contribution is 2.52. The van der Waals surface area contributed by atoms with Crippen molar-refractivity contribution >= 4 is 82.2 Å². The molecule has 598 valence electrons. The summed E-state index contributed by atoms with van der Waals surface area (Å²) >= 11 is 0. The van der Waals surface area contributed by atoms with E-state index in [-0.39, 0.29) is 106 Å². The number of amides is 3. The maximum Gasteiger partial charge on any atom is 0.336 e. The molecule has 2 aromatic heterocycles. The topological polar surface area (TPSA) is 450 Å². The van der Waals surface area contributed by atoms with Crippen molar-refractivity contribution in [2.45, 2.75) is 141 Å². The van der Waals surface area contributed by atoms with Crippen LogP contribution in [-0.2, 0) is 53.7 Å². The van der Waals surface area contributed by atoms with Gasteiger partial charge in [-0.15, -0.1) is 0 Å². The highest BCUT2D eigenvalue weighted by Gasteiger charge is 2.57. The van der Waals surface area contributed by atoms with E-state index in [0.29, 0.717) is 95.7 Å². The molecule has 5 aromatic rings. The fourth-order valence-electron chi connectivity index (χ4n) is 15.1. The van der Waals surface area contributed by atoms with Gasteiger partial charge < -0.3 is 30.4 Å². The molecule has 2 aliphatic carbocycles. The molecule has 30 nitrogen and oxygen atoms in total. The first-order valence-electron chi connectivity index (χ1n) is 37.2. The zero-order valence-electron chi connectivity index (χ0n) is 64.2. The Bertz CT molecular complexity index is 5380. The van der Waals surface area contributed by atoms with Crippen LogP contribution < -0.4 is 30.8 Å². The fraction of sp³-hybridized carbons (Fsp3) is 0.412. The van der Waals surface area contributed by atoms with Crippen LogP contribution in [0.4, 0.5) is 5.69 Å². The van der Waals surface area contributed by atoms with E-state index in [1.54, 1.807) is 30.3 Å². The number of hydrogen-bond donors (Lipinski definition) is 7. The molecule has 113 heavy (non-hydrogen) atoms. The Hall–Kier alpha value is -10.8. The van der Waals surface area contributed by atoms with E-state index in [1.165, 1.54) is 24.5 Å². The summed E-state index contributed by atoms with van der Waals surface area (Å²) in [5, 5.41) is 26.2. The zero-order chi connectivity index (χ0) is 82.0. The van der Waals surface area contributed by atoms with E-state index in [9.17, 15) is 68.0 Å². The van der Waals surface area contributed by atoms with Gasteiger partial charge in [-0.05, 0) is 162 Å². The molecular weight excluding hydrogens is 1510 g/mol. The van der Waals surface area contributed by atoms with Crippen molar-refractivity contribution < 1.29 is 77.0 Å². The lowest BCUT2D eigenvalue weighted by Crippen LogP contribution is -2.42. The van der Waals surface area contributed by atoms with Crippen LogP contribution in [0.25, 0.3) is 54.3 Å². The lowest BCUT2D eigenvalue weighted by Gasteiger charge is -2.33. The number of rotatable bonds is 34. The molecule has 1 saturated carbocycles. The molecule has 0 radical (unpaired) electrons. The summed E-state index contributed by atoms with van der Waals surface area (Å²) in [6.07, 6.45) is 17.4. The highest BCUT2D eigenvalue weighted by atomic mass is 32.2. The lowest BCUT2D eigenvalue weighted by molar-refractivity contribution is -0.566. The Morgan fingerprint density at radius 2 is 1.33 bits per heavy atom. The van der Waals surface area contributed by atoms with Crippen molar-refractivity contribution in [2.75, 3.05) is 63.2 Å². The fourth-order valence-corrected chi connectivity index (χ4v) is 17.0. The molecule has 0 saturated heterocycles. The van der Waals surface area contributed by atoms with E-state index in [1.807, 2.05) is 125 Å². The van der Waals surface area contributed by atoms with Crippen LogP contribution >= 0.6 is 0 Å². The number of unbranched alkanes of at least 4 members (excludes halogenated alkanes) is 2. The average molecular weight is 1610 g/mol. The number of carboxylic acids is 1. The molecule has 3 amide bonds. The van der Waals surface area contributed by atoms with Crippen molar-refractivity contribution in [3.05, 3.63) is 222 Å². The van der Waals surface area contributed by atoms with Gasteiger partial charge in [-0.3, -0.25) is 42.8 Å². The third-order valence-electron chi connectivity index (χ3n) is 20.9. The number of Topliss-reactive ketones (excluding diaryl/α,β-unsaturated/α-hetero) is 1. The second-order valence-corrected chi connectivity index (χ2v) is 34.3. The molecule has 5 aliphatic rings. The monoisotopic (exact) mass is 1600 g/mol. The number of azide groups is 2. The number of anilines is 1. The smallest absolute Gasteiger partial charge is 0.336 e. The SMILES string of the molecule is Cc1ccc2c(-c3cc(C(=O)CCCNC(=O)c4ccc(CN=[N+]=[N-])nc4)ccc3C(=O)O)c3ccc(=[N+](C)C)cc-3oc2c1.Cc1ccc2c(c1)C(C)(CCCCCC(=O)NCCNC(=O)c1ccc(CN=[N+]=[N-])nc1)C(=CC=CC=CC1=[N+](CCCS(=O)(=O)O)C3CCC(S(=O)(=O)O)CC3C1(C)C)N2CCCS(=O)(=O)O. The summed E-state index contributed by atoms with van der Waals surface area (Å²) in [6.45, 7) is 11.7. The third kappa shape index (κ3) is 22.8. The summed E-state index contributed by atoms with van der Waals surface area (Å²) in [5.41, 5.74) is 26.4. The zero-order valence-corrected chi connectivity index (χ0v) is 66.6. The largest absolute Gasteiger partial charge is 0.478 e. The average Bonchev–Trinajstić information content (AvgIpc) is 1.64. The quantitative estimate of drug-likeness (QED) is 0.00227. The molecule has 33 heteroatoms. The molecule has 0 bridgehead atoms.